The molecule has 0 fully saturated rings. The minimum Gasteiger partial charge on any atom is -0.269 e. The Bertz CT molecular complexity index is 731. The van der Waals surface area contributed by atoms with Crippen molar-refractivity contribution < 1.29 is 13.2 Å². The minimum atomic E-state index is -4.46. The molecule has 2 heterocycles. The largest absolute Gasteiger partial charge is 0.424 e. The summed E-state index contributed by atoms with van der Waals surface area (Å²) in [5.74, 6) is 0. The number of aliphatic imine (C=N–C) groups is 1. The first-order valence-electron chi connectivity index (χ1n) is 6.22. The average molecular weight is 410 g/mol. The van der Waals surface area contributed by atoms with E-state index in [1.54, 1.807) is 36.4 Å². The van der Waals surface area contributed by atoms with Crippen molar-refractivity contribution in [3.63, 3.8) is 0 Å². The Kier molecular flexibility index (Phi) is 4.09. The topological polar surface area (TPSA) is 24.4 Å². The molecular formula is C14H9BrClF3N2S. The minimum absolute atomic E-state index is 0.383. The lowest BCUT2D eigenvalue weighted by Crippen LogP contribution is -2.49. The SMILES string of the molecule is FC(F)(F)C1N=CC(c2ccc(Br)s2)(c2ccccc2Cl)N1. The standard InChI is InChI=1S/C14H9BrClF3N2S/c15-11-6-5-10(22-11)13(8-3-1-2-4-9(8)16)7-20-12(21-13)14(17,18)19/h1-7,12,21H. The number of hydrogen-bond donors (Lipinski definition) is 1. The van der Waals surface area contributed by atoms with E-state index in [4.69, 9.17) is 11.6 Å². The molecule has 0 saturated carbocycles. The van der Waals surface area contributed by atoms with Gasteiger partial charge in [-0.05, 0) is 34.1 Å². The van der Waals surface area contributed by atoms with Crippen LogP contribution >= 0.6 is 38.9 Å². The van der Waals surface area contributed by atoms with Gasteiger partial charge in [0, 0.05) is 21.7 Å². The van der Waals surface area contributed by atoms with Gasteiger partial charge in [-0.25, -0.2) is 0 Å². The average Bonchev–Trinajstić information content (AvgIpc) is 3.06. The molecule has 0 amide bonds. The molecule has 0 spiro atoms. The molecule has 2 aromatic rings. The van der Waals surface area contributed by atoms with Gasteiger partial charge in [-0.1, -0.05) is 29.8 Å². The molecule has 0 radical (unpaired) electrons. The van der Waals surface area contributed by atoms with Crippen LogP contribution in [0.5, 0.6) is 0 Å². The van der Waals surface area contributed by atoms with Crippen LogP contribution in [0.3, 0.4) is 0 Å². The molecule has 1 aromatic carbocycles. The number of alkyl halides is 3. The van der Waals surface area contributed by atoms with E-state index in [0.29, 0.717) is 15.5 Å². The van der Waals surface area contributed by atoms with Crippen molar-refractivity contribution in [1.82, 2.24) is 5.32 Å². The fourth-order valence-electron chi connectivity index (χ4n) is 2.36. The van der Waals surface area contributed by atoms with Crippen LogP contribution in [0, 0.1) is 0 Å². The van der Waals surface area contributed by atoms with E-state index in [0.717, 1.165) is 3.79 Å². The van der Waals surface area contributed by atoms with Gasteiger partial charge < -0.3 is 0 Å². The molecule has 0 bridgehead atoms. The van der Waals surface area contributed by atoms with Gasteiger partial charge in [-0.3, -0.25) is 10.3 Å². The highest BCUT2D eigenvalue weighted by Crippen LogP contribution is 2.42. The maximum atomic E-state index is 13.0. The number of halogens is 5. The van der Waals surface area contributed by atoms with Crippen LogP contribution in [0.2, 0.25) is 5.02 Å². The maximum absolute atomic E-state index is 13.0. The second kappa shape index (κ2) is 5.63. The van der Waals surface area contributed by atoms with Gasteiger partial charge in [0.15, 0.2) is 6.17 Å². The van der Waals surface area contributed by atoms with Gasteiger partial charge in [-0.15, -0.1) is 11.3 Å². The summed E-state index contributed by atoms with van der Waals surface area (Å²) in [6.07, 6.45) is -5.12. The first-order valence-corrected chi connectivity index (χ1v) is 8.21. The predicted octanol–water partition coefficient (Wildman–Crippen LogP) is 4.97. The summed E-state index contributed by atoms with van der Waals surface area (Å²) in [7, 11) is 0. The molecule has 0 saturated heterocycles. The predicted molar refractivity (Wildman–Crippen MR) is 85.7 cm³/mol. The van der Waals surface area contributed by atoms with E-state index in [2.05, 4.69) is 26.2 Å². The van der Waals surface area contributed by atoms with Crippen molar-refractivity contribution in [2.45, 2.75) is 17.9 Å². The number of nitrogens with zero attached hydrogens (tertiary/aromatic N) is 1. The van der Waals surface area contributed by atoms with Crippen LogP contribution in [0.15, 0.2) is 45.2 Å². The fraction of sp³-hybridized carbons (Fsp3) is 0.214. The van der Waals surface area contributed by atoms with Crippen molar-refractivity contribution in [2.24, 2.45) is 4.99 Å². The van der Waals surface area contributed by atoms with Crippen LogP contribution in [0.4, 0.5) is 13.2 Å². The van der Waals surface area contributed by atoms with Gasteiger partial charge >= 0.3 is 6.18 Å². The lowest BCUT2D eigenvalue weighted by atomic mass is 9.90. The Labute approximate surface area is 142 Å². The maximum Gasteiger partial charge on any atom is 0.424 e. The Morgan fingerprint density at radius 2 is 1.95 bits per heavy atom. The Hall–Kier alpha value is -0.890. The van der Waals surface area contributed by atoms with Crippen LogP contribution in [0.25, 0.3) is 0 Å². The lowest BCUT2D eigenvalue weighted by molar-refractivity contribution is -0.153. The third-order valence-corrected chi connectivity index (χ3v) is 5.44. The second-order valence-corrected chi connectivity index (χ2v) is 7.63. The highest BCUT2D eigenvalue weighted by molar-refractivity contribution is 9.11. The van der Waals surface area contributed by atoms with Crippen molar-refractivity contribution in [1.29, 1.82) is 0 Å². The van der Waals surface area contributed by atoms with Crippen LogP contribution in [-0.4, -0.2) is 18.6 Å². The third kappa shape index (κ3) is 2.71. The smallest absolute Gasteiger partial charge is 0.269 e. The van der Waals surface area contributed by atoms with Crippen LogP contribution in [-0.2, 0) is 5.54 Å². The van der Waals surface area contributed by atoms with Gasteiger partial charge in [0.05, 0.1) is 3.79 Å². The summed E-state index contributed by atoms with van der Waals surface area (Å²) in [5.41, 5.74) is -0.642. The molecule has 8 heteroatoms. The molecule has 2 unspecified atom stereocenters. The van der Waals surface area contributed by atoms with E-state index >= 15 is 0 Å². The quantitative estimate of drug-likeness (QED) is 0.744. The van der Waals surface area contributed by atoms with Crippen molar-refractivity contribution >= 4 is 45.1 Å². The van der Waals surface area contributed by atoms with E-state index in [-0.39, 0.29) is 0 Å². The molecule has 1 aliphatic heterocycles. The van der Waals surface area contributed by atoms with Gasteiger partial charge in [-0.2, -0.15) is 13.2 Å². The fourth-order valence-corrected chi connectivity index (χ4v) is 4.17. The Balaban J connectivity index is 2.14. The van der Waals surface area contributed by atoms with Crippen molar-refractivity contribution in [3.05, 3.63) is 55.6 Å². The Morgan fingerprint density at radius 1 is 1.23 bits per heavy atom. The second-order valence-electron chi connectivity index (χ2n) is 4.76. The summed E-state index contributed by atoms with van der Waals surface area (Å²) in [4.78, 5) is 4.32. The zero-order chi connectivity index (χ0) is 16.0. The molecule has 1 aromatic heterocycles. The number of thiophene rings is 1. The number of rotatable bonds is 2. The summed E-state index contributed by atoms with van der Waals surface area (Å²) in [5, 5.41) is 2.97. The number of hydrogen-bond acceptors (Lipinski definition) is 3. The van der Waals surface area contributed by atoms with Gasteiger partial charge in [0.25, 0.3) is 0 Å². The van der Waals surface area contributed by atoms with E-state index in [9.17, 15) is 13.2 Å². The number of benzene rings is 1. The molecule has 2 nitrogen and oxygen atoms in total. The Morgan fingerprint density at radius 3 is 2.50 bits per heavy atom. The third-order valence-electron chi connectivity index (χ3n) is 3.35. The summed E-state index contributed by atoms with van der Waals surface area (Å²) in [6, 6.07) is 10.4. The van der Waals surface area contributed by atoms with E-state index in [1.807, 2.05) is 0 Å². The normalized spacial score (nSPS) is 24.9. The first-order chi connectivity index (χ1) is 10.3. The van der Waals surface area contributed by atoms with Crippen LogP contribution < -0.4 is 5.32 Å². The van der Waals surface area contributed by atoms with Gasteiger partial charge in [0.1, 0.15) is 5.54 Å². The van der Waals surface area contributed by atoms with E-state index in [1.165, 1.54) is 17.6 Å². The van der Waals surface area contributed by atoms with Crippen molar-refractivity contribution in [2.75, 3.05) is 0 Å². The zero-order valence-electron chi connectivity index (χ0n) is 10.9. The zero-order valence-corrected chi connectivity index (χ0v) is 14.0. The molecule has 1 aliphatic rings. The van der Waals surface area contributed by atoms with E-state index < -0.39 is 17.9 Å². The number of nitrogens with one attached hydrogen (secondary N) is 1. The molecule has 2 atom stereocenters. The molecule has 3 rings (SSSR count). The van der Waals surface area contributed by atoms with Crippen molar-refractivity contribution in [3.8, 4) is 0 Å². The summed E-state index contributed by atoms with van der Waals surface area (Å²) >= 11 is 10.9. The highest BCUT2D eigenvalue weighted by Gasteiger charge is 2.50. The molecule has 0 aliphatic carbocycles. The lowest BCUT2D eigenvalue weighted by Gasteiger charge is -2.29. The molecule has 116 valence electrons. The summed E-state index contributed by atoms with van der Waals surface area (Å²) in [6.45, 7) is 0. The molecular weight excluding hydrogens is 401 g/mol. The first kappa shape index (κ1) is 16.0. The summed E-state index contributed by atoms with van der Waals surface area (Å²) < 4.78 is 39.9. The monoisotopic (exact) mass is 408 g/mol. The van der Waals surface area contributed by atoms with Gasteiger partial charge in [0.2, 0.25) is 0 Å². The molecule has 1 N–H and O–H groups in total. The highest BCUT2D eigenvalue weighted by atomic mass is 79.9. The van der Waals surface area contributed by atoms with Crippen LogP contribution in [0.1, 0.15) is 10.4 Å². The molecule has 22 heavy (non-hydrogen) atoms.